The maximum atomic E-state index is 13.4. The molecule has 4 rings (SSSR count). The molecule has 0 radical (unpaired) electrons. The van der Waals surface area contributed by atoms with Crippen molar-refractivity contribution in [2.45, 2.75) is 9.79 Å². The van der Waals surface area contributed by atoms with Gasteiger partial charge in [-0.25, -0.2) is 16.8 Å². The summed E-state index contributed by atoms with van der Waals surface area (Å²) in [6.45, 7) is 0. The highest BCUT2D eigenvalue weighted by Crippen LogP contribution is 2.32. The number of hydrogen-bond acceptors (Lipinski definition) is 4. The number of para-hydroxylation sites is 1. The van der Waals surface area contributed by atoms with Gasteiger partial charge in [-0.2, -0.15) is 0 Å². The topological polar surface area (TPSA) is 84.1 Å². The van der Waals surface area contributed by atoms with Gasteiger partial charge in [0.1, 0.15) is 0 Å². The van der Waals surface area contributed by atoms with Gasteiger partial charge in [0.05, 0.1) is 9.79 Å². The van der Waals surface area contributed by atoms with Gasteiger partial charge in [-0.3, -0.25) is 0 Å². The molecule has 0 bridgehead atoms. The normalized spacial score (nSPS) is 12.0. The second-order valence-corrected chi connectivity index (χ2v) is 10.5. The minimum atomic E-state index is -4.29. The molecule has 0 spiro atoms. The molecule has 1 heterocycles. The molecule has 1 aromatic heterocycles. The van der Waals surface area contributed by atoms with Crippen molar-refractivity contribution < 1.29 is 16.8 Å². The number of aromatic amines is 1. The van der Waals surface area contributed by atoms with Crippen LogP contribution in [0.15, 0.2) is 105 Å². The molecule has 5 nitrogen and oxygen atoms in total. The van der Waals surface area contributed by atoms with Crippen molar-refractivity contribution in [3.63, 3.8) is 0 Å². The highest BCUT2D eigenvalue weighted by molar-refractivity contribution is 8.14. The standard InChI is InChI=1S/C22H17NO4S2/c24-28(25,18-9-3-1-4-10-18)22(29(26,27)19-11-5-2-6-12-19)15-17-16-23-21-14-8-7-13-20(17)21/h1-16,23H. The first kappa shape index (κ1) is 19.2. The lowest BCUT2D eigenvalue weighted by Gasteiger charge is -2.11. The first-order valence-electron chi connectivity index (χ1n) is 8.79. The molecule has 0 aliphatic heterocycles. The molecule has 0 fully saturated rings. The van der Waals surface area contributed by atoms with Crippen molar-refractivity contribution in [1.29, 1.82) is 0 Å². The lowest BCUT2D eigenvalue weighted by Crippen LogP contribution is -2.15. The van der Waals surface area contributed by atoms with Gasteiger partial charge in [-0.1, -0.05) is 54.6 Å². The van der Waals surface area contributed by atoms with Crippen LogP contribution in [0, 0.1) is 0 Å². The van der Waals surface area contributed by atoms with Crippen LogP contribution in [0.2, 0.25) is 0 Å². The number of rotatable bonds is 5. The molecule has 0 aliphatic rings. The second kappa shape index (κ2) is 7.35. The minimum Gasteiger partial charge on any atom is -0.361 e. The van der Waals surface area contributed by atoms with Crippen molar-refractivity contribution >= 4 is 36.7 Å². The summed E-state index contributed by atoms with van der Waals surface area (Å²) in [5.74, 6) is 0. The molecule has 29 heavy (non-hydrogen) atoms. The van der Waals surface area contributed by atoms with E-state index < -0.39 is 23.9 Å². The number of hydrogen-bond donors (Lipinski definition) is 1. The first-order chi connectivity index (χ1) is 13.9. The van der Waals surface area contributed by atoms with E-state index in [0.717, 1.165) is 10.9 Å². The number of H-pyrrole nitrogens is 1. The van der Waals surface area contributed by atoms with Crippen molar-refractivity contribution in [3.8, 4) is 0 Å². The van der Waals surface area contributed by atoms with E-state index in [0.29, 0.717) is 5.56 Å². The Balaban J connectivity index is 2.01. The van der Waals surface area contributed by atoms with Gasteiger partial charge in [0.25, 0.3) is 0 Å². The van der Waals surface area contributed by atoms with Crippen LogP contribution < -0.4 is 0 Å². The van der Waals surface area contributed by atoms with Crippen LogP contribution in [0.3, 0.4) is 0 Å². The van der Waals surface area contributed by atoms with E-state index in [2.05, 4.69) is 4.98 Å². The zero-order chi connectivity index (χ0) is 20.5. The smallest absolute Gasteiger partial charge is 0.217 e. The molecule has 0 aliphatic carbocycles. The third-order valence-electron chi connectivity index (χ3n) is 4.53. The zero-order valence-electron chi connectivity index (χ0n) is 15.2. The van der Waals surface area contributed by atoms with Gasteiger partial charge < -0.3 is 4.98 Å². The van der Waals surface area contributed by atoms with Gasteiger partial charge in [0, 0.05) is 22.7 Å². The van der Waals surface area contributed by atoms with E-state index in [-0.39, 0.29) is 9.79 Å². The largest absolute Gasteiger partial charge is 0.361 e. The van der Waals surface area contributed by atoms with Crippen molar-refractivity contribution in [3.05, 3.63) is 101 Å². The predicted octanol–water partition coefficient (Wildman–Crippen LogP) is 4.41. The summed E-state index contributed by atoms with van der Waals surface area (Å²) in [6.07, 6.45) is 2.83. The third-order valence-corrected chi connectivity index (χ3v) is 8.93. The van der Waals surface area contributed by atoms with E-state index in [4.69, 9.17) is 0 Å². The lowest BCUT2D eigenvalue weighted by molar-refractivity contribution is 0.595. The van der Waals surface area contributed by atoms with E-state index in [1.165, 1.54) is 30.3 Å². The molecule has 3 aromatic carbocycles. The SMILES string of the molecule is O=S(=O)(C(=Cc1c[nH]c2ccccc12)S(=O)(=O)c1ccccc1)c1ccccc1. The summed E-state index contributed by atoms with van der Waals surface area (Å²) in [5.41, 5.74) is 1.27. The third kappa shape index (κ3) is 3.50. The Bertz CT molecular complexity index is 1330. The molecule has 4 aromatic rings. The molecule has 0 saturated heterocycles. The van der Waals surface area contributed by atoms with Crippen LogP contribution in [0.5, 0.6) is 0 Å². The van der Waals surface area contributed by atoms with Crippen LogP contribution >= 0.6 is 0 Å². The van der Waals surface area contributed by atoms with Gasteiger partial charge in [-0.05, 0) is 36.4 Å². The molecule has 0 amide bonds. The quantitative estimate of drug-likeness (QED) is 0.515. The number of fused-ring (bicyclic) bond motifs is 1. The van der Waals surface area contributed by atoms with E-state index >= 15 is 0 Å². The molecular weight excluding hydrogens is 406 g/mol. The Hall–Kier alpha value is -3.16. The molecule has 0 atom stereocenters. The molecule has 1 N–H and O–H groups in total. The first-order valence-corrected chi connectivity index (χ1v) is 11.8. The molecule has 0 unspecified atom stereocenters. The van der Waals surface area contributed by atoms with E-state index in [1.54, 1.807) is 48.7 Å². The van der Waals surface area contributed by atoms with Crippen molar-refractivity contribution in [1.82, 2.24) is 4.98 Å². The van der Waals surface area contributed by atoms with Crippen LogP contribution in [-0.2, 0) is 19.7 Å². The van der Waals surface area contributed by atoms with Gasteiger partial charge in [-0.15, -0.1) is 0 Å². The maximum absolute atomic E-state index is 13.4. The minimum absolute atomic E-state index is 0.0782. The van der Waals surface area contributed by atoms with E-state index in [9.17, 15) is 16.8 Å². The fourth-order valence-electron chi connectivity index (χ4n) is 3.07. The Kier molecular flexibility index (Phi) is 4.86. The zero-order valence-corrected chi connectivity index (χ0v) is 16.8. The summed E-state index contributed by atoms with van der Waals surface area (Å²) >= 11 is 0. The van der Waals surface area contributed by atoms with Gasteiger partial charge in [0.15, 0.2) is 4.24 Å². The maximum Gasteiger partial charge on any atom is 0.217 e. The average molecular weight is 424 g/mol. The summed E-state index contributed by atoms with van der Waals surface area (Å²) in [7, 11) is -8.58. The molecule has 146 valence electrons. The number of sulfone groups is 2. The van der Waals surface area contributed by atoms with Gasteiger partial charge in [0.2, 0.25) is 19.7 Å². The Labute approximate surface area is 169 Å². The number of nitrogens with one attached hydrogen (secondary N) is 1. The highest BCUT2D eigenvalue weighted by atomic mass is 32.3. The second-order valence-electron chi connectivity index (χ2n) is 6.39. The Morgan fingerprint density at radius 1 is 0.655 bits per heavy atom. The lowest BCUT2D eigenvalue weighted by atomic mass is 10.2. The molecule has 0 saturated carbocycles. The molecule has 7 heteroatoms. The fraction of sp³-hybridized carbons (Fsp3) is 0. The number of aromatic nitrogens is 1. The fourth-order valence-corrected chi connectivity index (χ4v) is 6.86. The monoisotopic (exact) mass is 423 g/mol. The molecular formula is C22H17NO4S2. The van der Waals surface area contributed by atoms with Crippen LogP contribution in [0.4, 0.5) is 0 Å². The average Bonchev–Trinajstić information content (AvgIpc) is 3.16. The predicted molar refractivity (Wildman–Crippen MR) is 114 cm³/mol. The number of benzene rings is 3. The van der Waals surface area contributed by atoms with Crippen LogP contribution in [-0.4, -0.2) is 21.8 Å². The summed E-state index contributed by atoms with van der Waals surface area (Å²) in [6, 6.07) is 22.4. The van der Waals surface area contributed by atoms with Crippen molar-refractivity contribution in [2.24, 2.45) is 0 Å². The van der Waals surface area contributed by atoms with E-state index in [1.807, 2.05) is 18.2 Å². The van der Waals surface area contributed by atoms with Crippen LogP contribution in [0.25, 0.3) is 17.0 Å². The highest BCUT2D eigenvalue weighted by Gasteiger charge is 2.33. The van der Waals surface area contributed by atoms with Crippen LogP contribution in [0.1, 0.15) is 5.56 Å². The van der Waals surface area contributed by atoms with Crippen molar-refractivity contribution in [2.75, 3.05) is 0 Å². The Morgan fingerprint density at radius 3 is 1.69 bits per heavy atom. The summed E-state index contributed by atoms with van der Waals surface area (Å²) < 4.78 is 52.8. The summed E-state index contributed by atoms with van der Waals surface area (Å²) in [4.78, 5) is 2.89. The van der Waals surface area contributed by atoms with Gasteiger partial charge >= 0.3 is 0 Å². The summed E-state index contributed by atoms with van der Waals surface area (Å²) in [5, 5.41) is 0.733. The Morgan fingerprint density at radius 2 is 1.14 bits per heavy atom.